The molecule has 0 saturated carbocycles. The lowest BCUT2D eigenvalue weighted by molar-refractivity contribution is -0.139. The minimum atomic E-state index is -2.94. The number of hydrogen-bond acceptors (Lipinski definition) is 11. The van der Waals surface area contributed by atoms with Crippen molar-refractivity contribution < 1.29 is 28.2 Å². The highest BCUT2D eigenvalue weighted by atomic mass is 35.5. The Balaban J connectivity index is 1.13. The van der Waals surface area contributed by atoms with E-state index in [0.29, 0.717) is 48.6 Å². The third kappa shape index (κ3) is 7.94. The van der Waals surface area contributed by atoms with Crippen molar-refractivity contribution in [3.8, 4) is 11.1 Å². The molecule has 0 spiro atoms. The standard InChI is InChI=1S/C36H35Cl2F2N9O4/c1-53-29(51)16-41-23-9-4-11-49-28(23)14-27(47-49)36(52)45-25-8-3-6-22(31(25)38)21-5-2-7-24(30(21)37)43-34-32-26(44-35(46-34)33(39)40)13-19(15-42-32)17-48-12-10-20(50)18-48/h2-3,5-8,13-15,20,23,33,41,50H,4,9-12,16-18H2,1H3,(H,45,52)(H,43,44,46)/t20-,23-/m1/s1. The summed E-state index contributed by atoms with van der Waals surface area (Å²) in [4.78, 5) is 39.8. The van der Waals surface area contributed by atoms with Gasteiger partial charge in [0, 0.05) is 49.5 Å². The molecule has 0 bridgehead atoms. The maximum atomic E-state index is 14.0. The zero-order chi connectivity index (χ0) is 37.2. The van der Waals surface area contributed by atoms with Crippen LogP contribution >= 0.6 is 23.2 Å². The van der Waals surface area contributed by atoms with E-state index in [0.717, 1.165) is 30.6 Å². The molecule has 276 valence electrons. The number of hydrogen-bond donors (Lipinski definition) is 4. The number of pyridine rings is 1. The molecule has 5 heterocycles. The summed E-state index contributed by atoms with van der Waals surface area (Å²) >= 11 is 13.8. The number of rotatable bonds is 11. The monoisotopic (exact) mass is 765 g/mol. The second-order valence-electron chi connectivity index (χ2n) is 12.9. The number of aliphatic hydroxyl groups excluding tert-OH is 1. The van der Waals surface area contributed by atoms with E-state index in [1.807, 2.05) is 0 Å². The number of β-amino-alcohol motifs (C(OH)–C–C–N with tert-alkyl or cyclic N) is 1. The Morgan fingerprint density at radius 3 is 2.51 bits per heavy atom. The lowest BCUT2D eigenvalue weighted by Gasteiger charge is -2.24. The first-order chi connectivity index (χ1) is 25.6. The summed E-state index contributed by atoms with van der Waals surface area (Å²) in [6.07, 6.45) is 0.573. The van der Waals surface area contributed by atoms with Crippen LogP contribution in [0.15, 0.2) is 54.7 Å². The number of anilines is 3. The van der Waals surface area contributed by atoms with Crippen LogP contribution in [0.25, 0.3) is 22.2 Å². The number of fused-ring (bicyclic) bond motifs is 2. The molecule has 13 nitrogen and oxygen atoms in total. The van der Waals surface area contributed by atoms with Crippen LogP contribution in [-0.4, -0.2) is 79.5 Å². The molecule has 5 aromatic rings. The van der Waals surface area contributed by atoms with E-state index in [4.69, 9.17) is 27.9 Å². The van der Waals surface area contributed by atoms with E-state index >= 15 is 0 Å². The molecule has 53 heavy (non-hydrogen) atoms. The zero-order valence-corrected chi connectivity index (χ0v) is 30.0. The fraction of sp³-hybridized carbons (Fsp3) is 0.333. The minimum Gasteiger partial charge on any atom is -0.468 e. The highest BCUT2D eigenvalue weighted by Gasteiger charge is 2.26. The number of alkyl halides is 2. The molecule has 2 atom stereocenters. The lowest BCUT2D eigenvalue weighted by atomic mass is 10.0. The number of amides is 1. The van der Waals surface area contributed by atoms with E-state index in [9.17, 15) is 23.5 Å². The number of aliphatic hydroxyl groups is 1. The average molecular weight is 767 g/mol. The number of halogens is 4. The van der Waals surface area contributed by atoms with Gasteiger partial charge in [0.25, 0.3) is 12.3 Å². The predicted molar refractivity (Wildman–Crippen MR) is 196 cm³/mol. The summed E-state index contributed by atoms with van der Waals surface area (Å²) in [7, 11) is 1.32. The van der Waals surface area contributed by atoms with Crippen molar-refractivity contribution in [3.63, 3.8) is 0 Å². The molecule has 3 aromatic heterocycles. The van der Waals surface area contributed by atoms with Crippen LogP contribution < -0.4 is 16.0 Å². The molecule has 7 rings (SSSR count). The molecule has 0 unspecified atom stereocenters. The molecule has 1 fully saturated rings. The van der Waals surface area contributed by atoms with Gasteiger partial charge in [-0.3, -0.25) is 29.5 Å². The second-order valence-corrected chi connectivity index (χ2v) is 13.6. The van der Waals surface area contributed by atoms with Crippen molar-refractivity contribution >= 4 is 63.3 Å². The SMILES string of the molecule is COC(=O)CN[C@@H]1CCCn2nc(C(=O)Nc3cccc(-c4cccc(Nc5nc(C(F)F)nc6cc(CN7CC[C@@H](O)C7)cnc56)c4Cl)c3Cl)cc21. The number of methoxy groups -OCH3 is 1. The van der Waals surface area contributed by atoms with Crippen molar-refractivity contribution in [3.05, 3.63) is 87.5 Å². The number of benzene rings is 2. The van der Waals surface area contributed by atoms with Crippen molar-refractivity contribution in [1.82, 2.24) is 34.9 Å². The van der Waals surface area contributed by atoms with Gasteiger partial charge in [0.1, 0.15) is 5.52 Å². The highest BCUT2D eigenvalue weighted by molar-refractivity contribution is 6.39. The van der Waals surface area contributed by atoms with Gasteiger partial charge in [0.05, 0.1) is 52.4 Å². The van der Waals surface area contributed by atoms with Gasteiger partial charge >= 0.3 is 5.97 Å². The quantitative estimate of drug-likeness (QED) is 0.112. The Labute approximate surface area is 312 Å². The zero-order valence-electron chi connectivity index (χ0n) is 28.5. The number of aromatic nitrogens is 5. The third-order valence-electron chi connectivity index (χ3n) is 9.23. The Morgan fingerprint density at radius 1 is 1.04 bits per heavy atom. The Bertz CT molecular complexity index is 2190. The molecule has 2 aliphatic heterocycles. The Hall–Kier alpha value is -4.80. The lowest BCUT2D eigenvalue weighted by Crippen LogP contribution is -2.32. The average Bonchev–Trinajstić information content (AvgIpc) is 3.78. The van der Waals surface area contributed by atoms with E-state index < -0.39 is 24.3 Å². The van der Waals surface area contributed by atoms with Gasteiger partial charge < -0.3 is 20.5 Å². The molecule has 2 aliphatic rings. The van der Waals surface area contributed by atoms with E-state index in [-0.39, 0.29) is 51.1 Å². The summed E-state index contributed by atoms with van der Waals surface area (Å²) in [5.74, 6) is -1.48. The van der Waals surface area contributed by atoms with E-state index in [2.05, 4.69) is 40.9 Å². The minimum absolute atomic E-state index is 0.0334. The van der Waals surface area contributed by atoms with E-state index in [1.165, 1.54) is 7.11 Å². The summed E-state index contributed by atoms with van der Waals surface area (Å²) in [5.41, 5.74) is 3.94. The van der Waals surface area contributed by atoms with Crippen LogP contribution in [-0.2, 0) is 22.6 Å². The van der Waals surface area contributed by atoms with Gasteiger partial charge in [-0.2, -0.15) is 5.10 Å². The molecule has 4 N–H and O–H groups in total. The normalized spacial score (nSPS) is 17.3. The Morgan fingerprint density at radius 2 is 1.79 bits per heavy atom. The van der Waals surface area contributed by atoms with Gasteiger partial charge in [0.2, 0.25) is 0 Å². The topological polar surface area (TPSA) is 159 Å². The fourth-order valence-corrected chi connectivity index (χ4v) is 7.18. The highest BCUT2D eigenvalue weighted by Crippen LogP contribution is 2.41. The maximum absolute atomic E-state index is 14.0. The molecular weight excluding hydrogens is 731 g/mol. The van der Waals surface area contributed by atoms with Crippen LogP contribution in [0.3, 0.4) is 0 Å². The molecule has 1 amide bonds. The van der Waals surface area contributed by atoms with Crippen molar-refractivity contribution in [2.75, 3.05) is 37.4 Å². The Kier molecular flexibility index (Phi) is 10.8. The number of likely N-dealkylation sites (tertiary alicyclic amines) is 1. The van der Waals surface area contributed by atoms with Crippen molar-refractivity contribution in [2.45, 2.75) is 50.9 Å². The largest absolute Gasteiger partial charge is 0.468 e. The van der Waals surface area contributed by atoms with Crippen molar-refractivity contribution in [2.24, 2.45) is 0 Å². The second kappa shape index (κ2) is 15.7. The first kappa shape index (κ1) is 36.6. The fourth-order valence-electron chi connectivity index (χ4n) is 6.63. The molecule has 2 aromatic carbocycles. The summed E-state index contributed by atoms with van der Waals surface area (Å²) in [5, 5.41) is 23.9. The first-order valence-electron chi connectivity index (χ1n) is 17.0. The first-order valence-corrected chi connectivity index (χ1v) is 17.7. The predicted octanol–water partition coefficient (Wildman–Crippen LogP) is 6.29. The van der Waals surface area contributed by atoms with Crippen LogP contribution in [0.5, 0.6) is 0 Å². The summed E-state index contributed by atoms with van der Waals surface area (Å²) < 4.78 is 34.4. The number of aryl methyl sites for hydroxylation is 1. The molecule has 0 aliphatic carbocycles. The van der Waals surface area contributed by atoms with Crippen LogP contribution in [0.4, 0.5) is 26.0 Å². The number of nitrogens with zero attached hydrogens (tertiary/aromatic N) is 6. The smallest absolute Gasteiger partial charge is 0.319 e. The molecule has 17 heteroatoms. The number of carbonyl (C=O) groups excluding carboxylic acids is 2. The molecular formula is C36H35Cl2F2N9O4. The van der Waals surface area contributed by atoms with Gasteiger partial charge in [-0.05, 0) is 49.1 Å². The van der Waals surface area contributed by atoms with Crippen LogP contribution in [0, 0.1) is 0 Å². The number of esters is 1. The van der Waals surface area contributed by atoms with Crippen LogP contribution in [0.1, 0.15) is 59.3 Å². The van der Waals surface area contributed by atoms with E-state index in [1.54, 1.807) is 59.4 Å². The molecule has 0 radical (unpaired) electrons. The maximum Gasteiger partial charge on any atom is 0.319 e. The van der Waals surface area contributed by atoms with Gasteiger partial charge in [-0.1, -0.05) is 47.5 Å². The van der Waals surface area contributed by atoms with Gasteiger partial charge in [-0.25, -0.2) is 18.7 Å². The summed E-state index contributed by atoms with van der Waals surface area (Å²) in [6.45, 7) is 2.40. The molecule has 1 saturated heterocycles. The number of nitrogens with one attached hydrogen (secondary N) is 3. The number of carbonyl (C=O) groups is 2. The third-order valence-corrected chi connectivity index (χ3v) is 10.0. The van der Waals surface area contributed by atoms with Gasteiger partial charge in [0.15, 0.2) is 17.3 Å². The van der Waals surface area contributed by atoms with Crippen molar-refractivity contribution in [1.29, 1.82) is 0 Å². The van der Waals surface area contributed by atoms with Crippen LogP contribution in [0.2, 0.25) is 10.0 Å². The van der Waals surface area contributed by atoms with Gasteiger partial charge in [-0.15, -0.1) is 0 Å². The summed E-state index contributed by atoms with van der Waals surface area (Å²) in [6, 6.07) is 13.5. The number of ether oxygens (including phenoxy) is 1.